The second-order valence-corrected chi connectivity index (χ2v) is 3.54. The largest absolute Gasteiger partial charge is 0.475 e. The third-order valence-electron chi connectivity index (χ3n) is 1.71. The van der Waals surface area contributed by atoms with Crippen molar-refractivity contribution in [1.29, 1.82) is 0 Å². The monoisotopic (exact) mass is 240 g/mol. The van der Waals surface area contributed by atoms with E-state index in [4.69, 9.17) is 5.11 Å². The molecule has 1 aliphatic heterocycles. The predicted octanol–water partition coefficient (Wildman–Crippen LogP) is 1.14. The summed E-state index contributed by atoms with van der Waals surface area (Å²) in [5.41, 5.74) is 0.673. The van der Waals surface area contributed by atoms with Gasteiger partial charge in [-0.2, -0.15) is 0 Å². The van der Waals surface area contributed by atoms with Gasteiger partial charge in [-0.1, -0.05) is 22.0 Å². The number of hydrogen-bond acceptors (Lipinski definition) is 3. The number of hydrogen-bond donors (Lipinski definition) is 1. The van der Waals surface area contributed by atoms with E-state index in [1.807, 2.05) is 6.08 Å². The van der Waals surface area contributed by atoms with E-state index >= 15 is 0 Å². The van der Waals surface area contributed by atoms with E-state index in [9.17, 15) is 4.79 Å². The van der Waals surface area contributed by atoms with Crippen LogP contribution in [0.4, 0.5) is 0 Å². The van der Waals surface area contributed by atoms with Crippen LogP contribution in [-0.4, -0.2) is 28.7 Å². The topological polar surface area (TPSA) is 62.0 Å². The second-order valence-electron chi connectivity index (χ2n) is 2.63. The molecule has 0 aromatic carbocycles. The molecular weight excluding hydrogens is 236 g/mol. The summed E-state index contributed by atoms with van der Waals surface area (Å²) in [6.07, 6.45) is 5.40. The zero-order valence-corrected chi connectivity index (χ0v) is 8.02. The first-order valence-corrected chi connectivity index (χ1v) is 4.41. The Morgan fingerprint density at radius 3 is 3.08 bits per heavy atom. The van der Waals surface area contributed by atoms with E-state index in [0.29, 0.717) is 5.71 Å². The molecule has 2 rings (SSSR count). The molecule has 1 heterocycles. The fourth-order valence-electron chi connectivity index (χ4n) is 1.15. The van der Waals surface area contributed by atoms with E-state index in [-0.39, 0.29) is 11.9 Å². The molecular formula is C8H5BrN2O2. The van der Waals surface area contributed by atoms with Crippen LogP contribution in [0, 0.1) is 0 Å². The number of carbonyl (C=O) groups is 1. The Balaban J connectivity index is 2.36. The molecule has 1 atom stereocenters. The molecule has 13 heavy (non-hydrogen) atoms. The first-order chi connectivity index (χ1) is 6.16. The lowest BCUT2D eigenvalue weighted by atomic mass is 10.1. The van der Waals surface area contributed by atoms with Gasteiger partial charge in [0, 0.05) is 4.48 Å². The summed E-state index contributed by atoms with van der Waals surface area (Å²) in [7, 11) is 0. The van der Waals surface area contributed by atoms with Crippen LogP contribution in [0.3, 0.4) is 0 Å². The quantitative estimate of drug-likeness (QED) is 0.748. The Labute approximate surface area is 82.5 Å². The van der Waals surface area contributed by atoms with Crippen LogP contribution in [0.2, 0.25) is 0 Å². The van der Waals surface area contributed by atoms with Gasteiger partial charge in [-0.3, -0.25) is 0 Å². The number of carboxylic acids is 1. The molecule has 0 unspecified atom stereocenters. The zero-order valence-electron chi connectivity index (χ0n) is 6.44. The second kappa shape index (κ2) is 2.92. The van der Waals surface area contributed by atoms with Crippen molar-refractivity contribution in [2.45, 2.75) is 6.04 Å². The maximum absolute atomic E-state index is 10.5. The molecule has 1 aliphatic carbocycles. The van der Waals surface area contributed by atoms with E-state index < -0.39 is 5.97 Å². The number of allylic oxidation sites excluding steroid dienone is 2. The lowest BCUT2D eigenvalue weighted by Gasteiger charge is -2.05. The van der Waals surface area contributed by atoms with Gasteiger partial charge in [-0.15, -0.1) is 0 Å². The van der Waals surface area contributed by atoms with Crippen molar-refractivity contribution in [2.24, 2.45) is 9.98 Å². The van der Waals surface area contributed by atoms with Gasteiger partial charge < -0.3 is 5.11 Å². The molecule has 2 aliphatic rings. The summed E-state index contributed by atoms with van der Waals surface area (Å²) in [5, 5.41) is 8.63. The predicted molar refractivity (Wildman–Crippen MR) is 52.4 cm³/mol. The Morgan fingerprint density at radius 1 is 1.62 bits per heavy atom. The van der Waals surface area contributed by atoms with Gasteiger partial charge in [0.1, 0.15) is 6.04 Å². The van der Waals surface area contributed by atoms with E-state index in [1.54, 1.807) is 12.2 Å². The fourth-order valence-corrected chi connectivity index (χ4v) is 1.54. The molecule has 66 valence electrons. The van der Waals surface area contributed by atoms with E-state index in [2.05, 4.69) is 25.9 Å². The number of nitrogens with zero attached hydrogens (tertiary/aromatic N) is 2. The molecule has 0 bridgehead atoms. The SMILES string of the molecule is O=C(O)C1=N[C@@H]2C=CC(Br)=CC2=N1. The molecule has 0 aromatic heterocycles. The Hall–Kier alpha value is -1.23. The van der Waals surface area contributed by atoms with Crippen molar-refractivity contribution >= 4 is 33.4 Å². The van der Waals surface area contributed by atoms with Crippen LogP contribution in [-0.2, 0) is 4.79 Å². The minimum atomic E-state index is -1.08. The summed E-state index contributed by atoms with van der Waals surface area (Å²) in [5.74, 6) is -1.21. The van der Waals surface area contributed by atoms with E-state index in [1.165, 1.54) is 0 Å². The highest BCUT2D eigenvalue weighted by Gasteiger charge is 2.24. The number of rotatable bonds is 1. The van der Waals surface area contributed by atoms with Crippen molar-refractivity contribution in [3.63, 3.8) is 0 Å². The van der Waals surface area contributed by atoms with Crippen LogP contribution in [0.25, 0.3) is 0 Å². The number of halogens is 1. The highest BCUT2D eigenvalue weighted by atomic mass is 79.9. The number of aliphatic carboxylic acids is 1. The zero-order chi connectivity index (χ0) is 9.42. The van der Waals surface area contributed by atoms with Crippen molar-refractivity contribution in [3.05, 3.63) is 22.7 Å². The summed E-state index contributed by atoms with van der Waals surface area (Å²) in [6, 6.07) is -0.215. The van der Waals surface area contributed by atoms with Crippen LogP contribution < -0.4 is 0 Å². The van der Waals surface area contributed by atoms with Crippen LogP contribution >= 0.6 is 15.9 Å². The van der Waals surface area contributed by atoms with Gasteiger partial charge in [-0.25, -0.2) is 14.8 Å². The Bertz CT molecular complexity index is 393. The maximum Gasteiger partial charge on any atom is 0.373 e. The minimum Gasteiger partial charge on any atom is -0.475 e. The molecule has 0 saturated carbocycles. The molecule has 5 heteroatoms. The fraction of sp³-hybridized carbons (Fsp3) is 0.125. The summed E-state index contributed by atoms with van der Waals surface area (Å²) < 4.78 is 0.879. The molecule has 1 N–H and O–H groups in total. The number of amidine groups is 1. The van der Waals surface area contributed by atoms with Crippen LogP contribution in [0.15, 0.2) is 32.7 Å². The lowest BCUT2D eigenvalue weighted by molar-refractivity contribution is -0.129. The molecule has 0 aromatic rings. The summed E-state index contributed by atoms with van der Waals surface area (Å²) in [6.45, 7) is 0. The number of carboxylic acid groups (broad SMARTS) is 1. The van der Waals surface area contributed by atoms with Gasteiger partial charge in [0.25, 0.3) is 0 Å². The highest BCUT2D eigenvalue weighted by Crippen LogP contribution is 2.19. The number of aliphatic imine (C=N–C) groups is 2. The highest BCUT2D eigenvalue weighted by molar-refractivity contribution is 9.11. The average Bonchev–Trinajstić information content (AvgIpc) is 2.46. The molecule has 4 nitrogen and oxygen atoms in total. The maximum atomic E-state index is 10.5. The van der Waals surface area contributed by atoms with Gasteiger partial charge >= 0.3 is 5.97 Å². The third-order valence-corrected chi connectivity index (χ3v) is 2.21. The molecule has 0 saturated heterocycles. The lowest BCUT2D eigenvalue weighted by Crippen LogP contribution is -2.12. The first-order valence-electron chi connectivity index (χ1n) is 3.62. The van der Waals surface area contributed by atoms with Gasteiger partial charge in [0.05, 0.1) is 5.71 Å². The standard InChI is InChI=1S/C8H5BrN2O2/c9-4-1-2-5-6(3-4)11-7(10-5)8(12)13/h1-3,5H,(H,12,13)/t5-/m1/s1. The van der Waals surface area contributed by atoms with Crippen LogP contribution in [0.1, 0.15) is 0 Å². The summed E-state index contributed by atoms with van der Waals surface area (Å²) >= 11 is 3.28. The van der Waals surface area contributed by atoms with Crippen molar-refractivity contribution in [2.75, 3.05) is 0 Å². The van der Waals surface area contributed by atoms with Crippen molar-refractivity contribution < 1.29 is 9.90 Å². The van der Waals surface area contributed by atoms with Crippen molar-refractivity contribution in [1.82, 2.24) is 0 Å². The summed E-state index contributed by atoms with van der Waals surface area (Å²) in [4.78, 5) is 18.3. The average molecular weight is 241 g/mol. The Morgan fingerprint density at radius 2 is 2.38 bits per heavy atom. The third kappa shape index (κ3) is 1.47. The normalized spacial score (nSPS) is 24.7. The minimum absolute atomic E-state index is 0.122. The van der Waals surface area contributed by atoms with Crippen LogP contribution in [0.5, 0.6) is 0 Å². The van der Waals surface area contributed by atoms with Crippen molar-refractivity contribution in [3.8, 4) is 0 Å². The molecule has 0 spiro atoms. The number of fused-ring (bicyclic) bond motifs is 1. The Kier molecular flexibility index (Phi) is 1.88. The van der Waals surface area contributed by atoms with E-state index in [0.717, 1.165) is 4.48 Å². The molecule has 0 radical (unpaired) electrons. The first kappa shape index (κ1) is 8.37. The molecule has 0 amide bonds. The van der Waals surface area contributed by atoms with Gasteiger partial charge in [-0.05, 0) is 12.2 Å². The molecule has 0 fully saturated rings. The smallest absolute Gasteiger partial charge is 0.373 e. The van der Waals surface area contributed by atoms with Gasteiger partial charge in [0.2, 0.25) is 5.84 Å². The van der Waals surface area contributed by atoms with Gasteiger partial charge in [0.15, 0.2) is 0 Å².